The van der Waals surface area contributed by atoms with Crippen molar-refractivity contribution in [2.24, 2.45) is 0 Å². The Labute approximate surface area is 104 Å². The average Bonchev–Trinajstić information content (AvgIpc) is 2.97. The molecular weight excluding hydrogens is 236 g/mol. The molecule has 0 bridgehead atoms. The molecule has 1 atom stereocenters. The van der Waals surface area contributed by atoms with Gasteiger partial charge in [-0.3, -0.25) is 0 Å². The number of carbonyl (C=O) groups is 1. The number of ether oxygens (including phenoxy) is 3. The molecule has 0 radical (unpaired) electrons. The molecule has 0 aromatic heterocycles. The second kappa shape index (κ2) is 4.26. The fourth-order valence-electron chi connectivity index (χ4n) is 2.53. The lowest BCUT2D eigenvalue weighted by Crippen LogP contribution is -2.25. The molecule has 1 fully saturated rings. The monoisotopic (exact) mass is 250 g/mol. The second-order valence-electron chi connectivity index (χ2n) is 4.59. The molecule has 96 valence electrons. The van der Waals surface area contributed by atoms with E-state index in [1.54, 1.807) is 6.07 Å². The van der Waals surface area contributed by atoms with Gasteiger partial charge in [-0.1, -0.05) is 6.07 Å². The van der Waals surface area contributed by atoms with Gasteiger partial charge in [-0.2, -0.15) is 0 Å². The second-order valence-corrected chi connectivity index (χ2v) is 4.59. The number of benzene rings is 1. The van der Waals surface area contributed by atoms with Crippen LogP contribution >= 0.6 is 0 Å². The summed E-state index contributed by atoms with van der Waals surface area (Å²) >= 11 is 0. The normalized spacial score (nSPS) is 25.3. The largest absolute Gasteiger partial charge is 0.482 e. The van der Waals surface area contributed by atoms with Crippen LogP contribution in [-0.2, 0) is 26.5 Å². The third kappa shape index (κ3) is 1.85. The lowest BCUT2D eigenvalue weighted by Gasteiger charge is -2.21. The number of carboxylic acids is 1. The molecule has 3 rings (SSSR count). The highest BCUT2D eigenvalue weighted by atomic mass is 16.6. The van der Waals surface area contributed by atoms with Crippen molar-refractivity contribution in [1.82, 2.24) is 0 Å². The van der Waals surface area contributed by atoms with Crippen LogP contribution in [0.25, 0.3) is 0 Å². The van der Waals surface area contributed by atoms with Crippen LogP contribution in [0.5, 0.6) is 5.75 Å². The maximum atomic E-state index is 10.4. The molecule has 0 amide bonds. The summed E-state index contributed by atoms with van der Waals surface area (Å²) < 4.78 is 16.4. The van der Waals surface area contributed by atoms with E-state index in [2.05, 4.69) is 0 Å². The van der Waals surface area contributed by atoms with E-state index >= 15 is 0 Å². The molecule has 1 N–H and O–H groups in total. The van der Waals surface area contributed by atoms with Crippen LogP contribution in [0, 0.1) is 0 Å². The van der Waals surface area contributed by atoms with E-state index < -0.39 is 5.97 Å². The van der Waals surface area contributed by atoms with Gasteiger partial charge in [-0.05, 0) is 23.3 Å². The van der Waals surface area contributed by atoms with E-state index in [4.69, 9.17) is 19.3 Å². The van der Waals surface area contributed by atoms with E-state index in [9.17, 15) is 4.79 Å². The van der Waals surface area contributed by atoms with Crippen molar-refractivity contribution in [2.75, 3.05) is 19.8 Å². The summed E-state index contributed by atoms with van der Waals surface area (Å²) in [7, 11) is 0. The Bertz CT molecular complexity index is 476. The SMILES string of the molecule is O=C(O)COc1ccc2c(c1)COC21CCOC1. The first-order valence-corrected chi connectivity index (χ1v) is 5.89. The maximum absolute atomic E-state index is 10.4. The summed E-state index contributed by atoms with van der Waals surface area (Å²) in [5, 5.41) is 8.57. The van der Waals surface area contributed by atoms with Crippen LogP contribution in [0.1, 0.15) is 17.5 Å². The molecule has 1 aromatic carbocycles. The first kappa shape index (κ1) is 11.5. The highest BCUT2D eigenvalue weighted by Crippen LogP contribution is 2.43. The van der Waals surface area contributed by atoms with Gasteiger partial charge in [0, 0.05) is 13.0 Å². The van der Waals surface area contributed by atoms with Gasteiger partial charge in [0.05, 0.1) is 13.2 Å². The Morgan fingerprint density at radius 1 is 1.50 bits per heavy atom. The van der Waals surface area contributed by atoms with Gasteiger partial charge in [-0.25, -0.2) is 4.79 Å². The molecular formula is C13H14O5. The van der Waals surface area contributed by atoms with Crippen LogP contribution in [0.2, 0.25) is 0 Å². The third-order valence-corrected chi connectivity index (χ3v) is 3.42. The summed E-state index contributed by atoms with van der Waals surface area (Å²) in [6.45, 7) is 1.52. The highest BCUT2D eigenvalue weighted by Gasteiger charge is 2.43. The zero-order valence-electron chi connectivity index (χ0n) is 9.85. The van der Waals surface area contributed by atoms with E-state index in [0.717, 1.165) is 24.2 Å². The third-order valence-electron chi connectivity index (χ3n) is 3.42. The molecule has 5 heteroatoms. The average molecular weight is 250 g/mol. The number of rotatable bonds is 3. The molecule has 2 aliphatic heterocycles. The van der Waals surface area contributed by atoms with Crippen LogP contribution in [0.15, 0.2) is 18.2 Å². The zero-order valence-corrected chi connectivity index (χ0v) is 9.85. The molecule has 1 unspecified atom stereocenters. The quantitative estimate of drug-likeness (QED) is 0.875. The van der Waals surface area contributed by atoms with Gasteiger partial charge < -0.3 is 19.3 Å². The van der Waals surface area contributed by atoms with Gasteiger partial charge in [0.2, 0.25) is 0 Å². The number of carboxylic acid groups (broad SMARTS) is 1. The van der Waals surface area contributed by atoms with Crippen LogP contribution in [0.4, 0.5) is 0 Å². The van der Waals surface area contributed by atoms with Crippen molar-refractivity contribution in [3.63, 3.8) is 0 Å². The maximum Gasteiger partial charge on any atom is 0.341 e. The van der Waals surface area contributed by atoms with Gasteiger partial charge in [0.1, 0.15) is 11.4 Å². The minimum atomic E-state index is -0.979. The van der Waals surface area contributed by atoms with E-state index in [1.165, 1.54) is 0 Å². The number of hydrogen-bond donors (Lipinski definition) is 1. The molecule has 0 saturated carbocycles. The predicted molar refractivity (Wildman–Crippen MR) is 61.5 cm³/mol. The minimum Gasteiger partial charge on any atom is -0.482 e. The van der Waals surface area contributed by atoms with E-state index in [0.29, 0.717) is 19.0 Å². The van der Waals surface area contributed by atoms with Crippen LogP contribution < -0.4 is 4.74 Å². The molecule has 1 spiro atoms. The summed E-state index contributed by atoms with van der Waals surface area (Å²) in [4.78, 5) is 10.4. The Balaban J connectivity index is 1.83. The van der Waals surface area contributed by atoms with E-state index in [-0.39, 0.29) is 12.2 Å². The Morgan fingerprint density at radius 3 is 3.11 bits per heavy atom. The van der Waals surface area contributed by atoms with Gasteiger partial charge in [-0.15, -0.1) is 0 Å². The molecule has 5 nitrogen and oxygen atoms in total. The van der Waals surface area contributed by atoms with Crippen molar-refractivity contribution in [3.05, 3.63) is 29.3 Å². The van der Waals surface area contributed by atoms with Crippen molar-refractivity contribution < 1.29 is 24.1 Å². The Morgan fingerprint density at radius 2 is 2.39 bits per heavy atom. The minimum absolute atomic E-state index is 0.291. The van der Waals surface area contributed by atoms with E-state index in [1.807, 2.05) is 12.1 Å². The van der Waals surface area contributed by atoms with Crippen molar-refractivity contribution in [2.45, 2.75) is 18.6 Å². The molecule has 1 saturated heterocycles. The van der Waals surface area contributed by atoms with Crippen molar-refractivity contribution >= 4 is 5.97 Å². The Kier molecular flexibility index (Phi) is 2.72. The van der Waals surface area contributed by atoms with Crippen molar-refractivity contribution in [3.8, 4) is 5.75 Å². The molecule has 2 aliphatic rings. The number of hydrogen-bond acceptors (Lipinski definition) is 4. The smallest absolute Gasteiger partial charge is 0.341 e. The fraction of sp³-hybridized carbons (Fsp3) is 0.462. The fourth-order valence-corrected chi connectivity index (χ4v) is 2.53. The standard InChI is InChI=1S/C13H14O5/c14-12(15)7-17-10-1-2-11-9(5-10)6-18-13(11)3-4-16-8-13/h1-2,5H,3-4,6-8H2,(H,14,15). The van der Waals surface area contributed by atoms with Gasteiger partial charge in [0.15, 0.2) is 6.61 Å². The topological polar surface area (TPSA) is 65.0 Å². The lowest BCUT2D eigenvalue weighted by atomic mass is 9.92. The molecule has 0 aliphatic carbocycles. The van der Waals surface area contributed by atoms with Crippen molar-refractivity contribution in [1.29, 1.82) is 0 Å². The van der Waals surface area contributed by atoms with Crippen LogP contribution in [-0.4, -0.2) is 30.9 Å². The molecule has 1 aromatic rings. The highest BCUT2D eigenvalue weighted by molar-refractivity contribution is 5.68. The summed E-state index contributed by atoms with van der Waals surface area (Å²) in [5.74, 6) is -0.414. The first-order chi connectivity index (χ1) is 8.70. The predicted octanol–water partition coefficient (Wildman–Crippen LogP) is 1.30. The Hall–Kier alpha value is -1.59. The first-order valence-electron chi connectivity index (χ1n) is 5.89. The molecule has 2 heterocycles. The lowest BCUT2D eigenvalue weighted by molar-refractivity contribution is -0.139. The van der Waals surface area contributed by atoms with Gasteiger partial charge in [0.25, 0.3) is 0 Å². The number of fused-ring (bicyclic) bond motifs is 2. The summed E-state index contributed by atoms with van der Waals surface area (Å²) in [5.41, 5.74) is 1.91. The molecule has 18 heavy (non-hydrogen) atoms. The van der Waals surface area contributed by atoms with Gasteiger partial charge >= 0.3 is 5.97 Å². The zero-order chi connectivity index (χ0) is 12.6. The van der Waals surface area contributed by atoms with Crippen LogP contribution in [0.3, 0.4) is 0 Å². The summed E-state index contributed by atoms with van der Waals surface area (Å²) in [6.07, 6.45) is 0.870. The summed E-state index contributed by atoms with van der Waals surface area (Å²) in [6, 6.07) is 5.59. The number of aliphatic carboxylic acids is 1.